The maximum absolute atomic E-state index is 12.5. The number of thioether (sulfide) groups is 1. The third-order valence-electron chi connectivity index (χ3n) is 3.45. The van der Waals surface area contributed by atoms with Crippen molar-refractivity contribution in [1.29, 1.82) is 0 Å². The molecule has 1 rings (SSSR count). The van der Waals surface area contributed by atoms with Crippen LogP contribution < -0.4 is 5.73 Å². The zero-order valence-electron chi connectivity index (χ0n) is 11.3. The van der Waals surface area contributed by atoms with Crippen molar-refractivity contribution in [2.24, 2.45) is 16.8 Å². The van der Waals surface area contributed by atoms with Gasteiger partial charge in [0, 0.05) is 19.0 Å². The fraction of sp³-hybridized carbons (Fsp3) is 0.833. The molecule has 3 N–H and O–H groups in total. The van der Waals surface area contributed by atoms with E-state index in [0.29, 0.717) is 13.1 Å². The number of hydrogen-bond acceptors (Lipinski definition) is 4. The molecule has 1 saturated heterocycles. The molecule has 1 fully saturated rings. The highest BCUT2D eigenvalue weighted by molar-refractivity contribution is 8.01. The molecule has 2 atom stereocenters. The lowest BCUT2D eigenvalue weighted by Gasteiger charge is -2.31. The molecule has 18 heavy (non-hydrogen) atoms. The SMILES string of the molecule is CCN(CC(C)C(N)=NO)C(=O)C1(C)CCCS1. The monoisotopic (exact) mass is 273 g/mol. The van der Waals surface area contributed by atoms with Crippen LogP contribution in [-0.4, -0.2) is 45.4 Å². The molecule has 104 valence electrons. The molecule has 0 bridgehead atoms. The quantitative estimate of drug-likeness (QED) is 0.344. The average Bonchev–Trinajstić information content (AvgIpc) is 2.81. The van der Waals surface area contributed by atoms with Crippen LogP contribution in [0.3, 0.4) is 0 Å². The van der Waals surface area contributed by atoms with E-state index in [4.69, 9.17) is 10.9 Å². The highest BCUT2D eigenvalue weighted by Gasteiger charge is 2.39. The molecule has 1 aliphatic rings. The number of nitrogens with two attached hydrogens (primary N) is 1. The third kappa shape index (κ3) is 3.31. The fourth-order valence-corrected chi connectivity index (χ4v) is 3.44. The van der Waals surface area contributed by atoms with E-state index < -0.39 is 0 Å². The summed E-state index contributed by atoms with van der Waals surface area (Å²) in [7, 11) is 0. The molecule has 0 aromatic rings. The smallest absolute Gasteiger partial charge is 0.238 e. The Bertz CT molecular complexity index is 327. The largest absolute Gasteiger partial charge is 0.409 e. The third-order valence-corrected chi connectivity index (χ3v) is 4.96. The first-order valence-electron chi connectivity index (χ1n) is 6.35. The van der Waals surface area contributed by atoms with Crippen LogP contribution >= 0.6 is 11.8 Å². The van der Waals surface area contributed by atoms with Gasteiger partial charge in [-0.3, -0.25) is 4.79 Å². The molecule has 2 unspecified atom stereocenters. The normalized spacial score (nSPS) is 26.1. The van der Waals surface area contributed by atoms with Gasteiger partial charge in [-0.05, 0) is 32.4 Å². The predicted molar refractivity (Wildman–Crippen MR) is 74.9 cm³/mol. The summed E-state index contributed by atoms with van der Waals surface area (Å²) < 4.78 is -0.291. The molecule has 0 spiro atoms. The predicted octanol–water partition coefficient (Wildman–Crippen LogP) is 1.50. The number of carbonyl (C=O) groups excluding carboxylic acids is 1. The van der Waals surface area contributed by atoms with E-state index in [0.717, 1.165) is 18.6 Å². The molecule has 0 aromatic heterocycles. The minimum Gasteiger partial charge on any atom is -0.409 e. The Balaban J connectivity index is 2.68. The van der Waals surface area contributed by atoms with Gasteiger partial charge < -0.3 is 15.8 Å². The molecule has 1 heterocycles. The van der Waals surface area contributed by atoms with E-state index >= 15 is 0 Å². The first kappa shape index (κ1) is 15.1. The van der Waals surface area contributed by atoms with Crippen molar-refractivity contribution >= 4 is 23.5 Å². The van der Waals surface area contributed by atoms with Gasteiger partial charge >= 0.3 is 0 Å². The molecular formula is C12H23N3O2S. The van der Waals surface area contributed by atoms with E-state index in [9.17, 15) is 4.79 Å². The van der Waals surface area contributed by atoms with Crippen LogP contribution in [0.1, 0.15) is 33.6 Å². The lowest BCUT2D eigenvalue weighted by Crippen LogP contribution is -2.47. The van der Waals surface area contributed by atoms with E-state index in [1.54, 1.807) is 16.7 Å². The summed E-state index contributed by atoms with van der Waals surface area (Å²) in [6.45, 7) is 6.98. The van der Waals surface area contributed by atoms with Crippen molar-refractivity contribution in [2.75, 3.05) is 18.8 Å². The van der Waals surface area contributed by atoms with E-state index in [1.165, 1.54) is 0 Å². The molecule has 0 saturated carbocycles. The summed E-state index contributed by atoms with van der Waals surface area (Å²) in [4.78, 5) is 14.3. The van der Waals surface area contributed by atoms with E-state index in [2.05, 4.69) is 5.16 Å². The standard InChI is InChI=1S/C12H23N3O2S/c1-4-15(8-9(2)10(13)14-17)11(16)12(3)6-5-7-18-12/h9,17H,4-8H2,1-3H3,(H2,13,14). The van der Waals surface area contributed by atoms with Crippen LogP contribution in [-0.2, 0) is 4.79 Å². The first-order chi connectivity index (χ1) is 8.44. The highest BCUT2D eigenvalue weighted by atomic mass is 32.2. The number of hydrogen-bond donors (Lipinski definition) is 2. The Hall–Kier alpha value is -0.910. The van der Waals surface area contributed by atoms with Gasteiger partial charge in [0.05, 0.1) is 4.75 Å². The zero-order chi connectivity index (χ0) is 13.8. The summed E-state index contributed by atoms with van der Waals surface area (Å²) in [5.41, 5.74) is 5.56. The highest BCUT2D eigenvalue weighted by Crippen LogP contribution is 2.39. The van der Waals surface area contributed by atoms with Crippen molar-refractivity contribution < 1.29 is 10.0 Å². The summed E-state index contributed by atoms with van der Waals surface area (Å²) in [6.07, 6.45) is 2.03. The summed E-state index contributed by atoms with van der Waals surface area (Å²) >= 11 is 1.74. The van der Waals surface area contributed by atoms with Crippen molar-refractivity contribution in [3.05, 3.63) is 0 Å². The van der Waals surface area contributed by atoms with Gasteiger partial charge in [-0.25, -0.2) is 0 Å². The minimum atomic E-state index is -0.291. The van der Waals surface area contributed by atoms with Gasteiger partial charge in [-0.2, -0.15) is 0 Å². The van der Waals surface area contributed by atoms with Crippen molar-refractivity contribution in [1.82, 2.24) is 4.90 Å². The maximum Gasteiger partial charge on any atom is 0.238 e. The summed E-state index contributed by atoms with van der Waals surface area (Å²) in [6, 6.07) is 0. The minimum absolute atomic E-state index is 0.131. The fourth-order valence-electron chi connectivity index (χ4n) is 2.16. The van der Waals surface area contributed by atoms with Gasteiger partial charge in [0.25, 0.3) is 0 Å². The van der Waals surface area contributed by atoms with Gasteiger partial charge in [-0.1, -0.05) is 12.1 Å². The van der Waals surface area contributed by atoms with Gasteiger partial charge in [0.15, 0.2) is 0 Å². The van der Waals surface area contributed by atoms with E-state index in [1.807, 2.05) is 20.8 Å². The molecule has 0 aliphatic carbocycles. The van der Waals surface area contributed by atoms with Crippen molar-refractivity contribution in [2.45, 2.75) is 38.4 Å². The summed E-state index contributed by atoms with van der Waals surface area (Å²) in [5.74, 6) is 1.26. The van der Waals surface area contributed by atoms with Crippen molar-refractivity contribution in [3.8, 4) is 0 Å². The lowest BCUT2D eigenvalue weighted by atomic mass is 10.0. The molecule has 1 amide bonds. The van der Waals surface area contributed by atoms with Crippen LogP contribution in [0.5, 0.6) is 0 Å². The second-order valence-electron chi connectivity index (χ2n) is 4.95. The topological polar surface area (TPSA) is 78.9 Å². The molecule has 1 aliphatic heterocycles. The Morgan fingerprint density at radius 3 is 2.78 bits per heavy atom. The summed E-state index contributed by atoms with van der Waals surface area (Å²) in [5, 5.41) is 11.6. The number of carbonyl (C=O) groups is 1. The number of amides is 1. The van der Waals surface area contributed by atoms with E-state index in [-0.39, 0.29) is 22.4 Å². The molecule has 0 aromatic carbocycles. The number of amidine groups is 1. The second-order valence-corrected chi connectivity index (χ2v) is 6.55. The lowest BCUT2D eigenvalue weighted by molar-refractivity contribution is -0.133. The van der Waals surface area contributed by atoms with Crippen LogP contribution in [0.15, 0.2) is 5.16 Å². The Labute approximate surface area is 113 Å². The number of nitrogens with zero attached hydrogens (tertiary/aromatic N) is 2. The Kier molecular flexibility index (Phi) is 5.31. The first-order valence-corrected chi connectivity index (χ1v) is 7.34. The van der Waals surface area contributed by atoms with Gasteiger partial charge in [-0.15, -0.1) is 11.8 Å². The van der Waals surface area contributed by atoms with Gasteiger partial charge in [0.1, 0.15) is 5.84 Å². The Morgan fingerprint density at radius 2 is 2.33 bits per heavy atom. The Morgan fingerprint density at radius 1 is 1.67 bits per heavy atom. The van der Waals surface area contributed by atoms with Crippen LogP contribution in [0.4, 0.5) is 0 Å². The number of oxime groups is 1. The van der Waals surface area contributed by atoms with Crippen LogP contribution in [0.2, 0.25) is 0 Å². The number of rotatable bonds is 5. The average molecular weight is 273 g/mol. The maximum atomic E-state index is 12.5. The van der Waals surface area contributed by atoms with Crippen molar-refractivity contribution in [3.63, 3.8) is 0 Å². The second kappa shape index (κ2) is 6.31. The van der Waals surface area contributed by atoms with Crippen LogP contribution in [0, 0.1) is 5.92 Å². The molecule has 5 nitrogen and oxygen atoms in total. The zero-order valence-corrected chi connectivity index (χ0v) is 12.2. The van der Waals surface area contributed by atoms with Crippen LogP contribution in [0.25, 0.3) is 0 Å². The van der Waals surface area contributed by atoms with Gasteiger partial charge in [0.2, 0.25) is 5.91 Å². The molecule has 6 heteroatoms. The molecular weight excluding hydrogens is 250 g/mol. The molecule has 0 radical (unpaired) electrons.